The van der Waals surface area contributed by atoms with Crippen LogP contribution in [0.5, 0.6) is 0 Å². The first-order chi connectivity index (χ1) is 15.9. The van der Waals surface area contributed by atoms with Gasteiger partial charge in [0.2, 0.25) is 6.10 Å². The first-order valence-electron chi connectivity index (χ1n) is 10.5. The summed E-state index contributed by atoms with van der Waals surface area (Å²) in [5.41, 5.74) is 3.63. The number of hydrogen-bond donors (Lipinski definition) is 2. The van der Waals surface area contributed by atoms with Crippen molar-refractivity contribution in [3.05, 3.63) is 95.1 Å². The summed E-state index contributed by atoms with van der Waals surface area (Å²) in [4.78, 5) is 37.8. The molecule has 2 amide bonds. The van der Waals surface area contributed by atoms with Crippen molar-refractivity contribution in [2.24, 2.45) is 0 Å². The summed E-state index contributed by atoms with van der Waals surface area (Å²) < 4.78 is 10.5. The molecule has 3 rings (SSSR count). The minimum atomic E-state index is -1.17. The third kappa shape index (κ3) is 6.43. The van der Waals surface area contributed by atoms with E-state index in [1.165, 1.54) is 6.07 Å². The highest BCUT2D eigenvalue weighted by atomic mass is 16.6. The third-order valence-electron chi connectivity index (χ3n) is 4.84. The molecule has 0 aromatic heterocycles. The average Bonchev–Trinajstić information content (AvgIpc) is 2.80. The zero-order valence-electron chi connectivity index (χ0n) is 18.8. The van der Waals surface area contributed by atoms with E-state index >= 15 is 0 Å². The molecule has 170 valence electrons. The van der Waals surface area contributed by atoms with E-state index < -0.39 is 24.1 Å². The highest BCUT2D eigenvalue weighted by Crippen LogP contribution is 2.24. The summed E-state index contributed by atoms with van der Waals surface area (Å²) >= 11 is 0. The second kappa shape index (κ2) is 10.9. The van der Waals surface area contributed by atoms with Crippen molar-refractivity contribution < 1.29 is 23.9 Å². The Balaban J connectivity index is 1.82. The van der Waals surface area contributed by atoms with Gasteiger partial charge in [-0.3, -0.25) is 10.1 Å². The third-order valence-corrected chi connectivity index (χ3v) is 4.84. The Morgan fingerprint density at radius 3 is 2.36 bits per heavy atom. The van der Waals surface area contributed by atoms with Crippen molar-refractivity contribution in [1.29, 1.82) is 0 Å². The molecule has 1 atom stereocenters. The number of hydrogen-bond acceptors (Lipinski definition) is 5. The van der Waals surface area contributed by atoms with Crippen LogP contribution in [0.1, 0.15) is 40.1 Å². The van der Waals surface area contributed by atoms with Gasteiger partial charge in [0.05, 0.1) is 12.2 Å². The molecular formula is C26H26N2O5. The molecule has 0 saturated carbocycles. The molecule has 0 radical (unpaired) electrons. The van der Waals surface area contributed by atoms with E-state index in [1.54, 1.807) is 49.4 Å². The second-order valence-electron chi connectivity index (χ2n) is 7.43. The molecule has 0 aliphatic carbocycles. The van der Waals surface area contributed by atoms with Crippen LogP contribution in [-0.2, 0) is 14.3 Å². The molecule has 3 aromatic carbocycles. The molecule has 0 bridgehead atoms. The van der Waals surface area contributed by atoms with Crippen LogP contribution in [0.25, 0.3) is 0 Å². The molecule has 1 unspecified atom stereocenters. The van der Waals surface area contributed by atoms with E-state index in [0.717, 1.165) is 11.1 Å². The Kier molecular flexibility index (Phi) is 7.81. The van der Waals surface area contributed by atoms with Crippen molar-refractivity contribution >= 4 is 29.3 Å². The fourth-order valence-electron chi connectivity index (χ4n) is 3.15. The maximum absolute atomic E-state index is 13.2. The lowest BCUT2D eigenvalue weighted by atomic mass is 10.1. The predicted octanol–water partition coefficient (Wildman–Crippen LogP) is 5.41. The molecule has 7 heteroatoms. The van der Waals surface area contributed by atoms with Gasteiger partial charge in [0, 0.05) is 16.9 Å². The summed E-state index contributed by atoms with van der Waals surface area (Å²) in [6.45, 7) is 5.74. The number of carbonyl (C=O) groups excluding carboxylic acids is 3. The van der Waals surface area contributed by atoms with Crippen molar-refractivity contribution in [2.75, 3.05) is 17.2 Å². The van der Waals surface area contributed by atoms with E-state index in [2.05, 4.69) is 10.6 Å². The molecule has 0 fully saturated rings. The minimum absolute atomic E-state index is 0.185. The first-order valence-corrected chi connectivity index (χ1v) is 10.5. The quantitative estimate of drug-likeness (QED) is 0.474. The number of anilines is 2. The van der Waals surface area contributed by atoms with Crippen LogP contribution in [0.4, 0.5) is 16.2 Å². The Hall–Kier alpha value is -4.13. The van der Waals surface area contributed by atoms with E-state index in [9.17, 15) is 14.4 Å². The van der Waals surface area contributed by atoms with Crippen LogP contribution in [0.2, 0.25) is 0 Å². The molecule has 0 saturated heterocycles. The summed E-state index contributed by atoms with van der Waals surface area (Å²) in [5.74, 6) is -1.17. The summed E-state index contributed by atoms with van der Waals surface area (Å²) in [6, 6.07) is 20.8. The highest BCUT2D eigenvalue weighted by molar-refractivity contribution is 5.99. The largest absolute Gasteiger partial charge is 0.450 e. The number of nitrogens with one attached hydrogen (secondary N) is 2. The SMILES string of the molecule is CCOC(=O)Nc1cccc(C(=O)OC(C(=O)Nc2cc(C)ccc2C)c2ccccc2)c1. The Labute approximate surface area is 192 Å². The zero-order chi connectivity index (χ0) is 23.8. The first kappa shape index (κ1) is 23.5. The maximum Gasteiger partial charge on any atom is 0.411 e. The van der Waals surface area contributed by atoms with Crippen LogP contribution in [0.15, 0.2) is 72.8 Å². The molecular weight excluding hydrogens is 420 g/mol. The van der Waals surface area contributed by atoms with Gasteiger partial charge in [0.1, 0.15) is 0 Å². The molecule has 0 aliphatic rings. The van der Waals surface area contributed by atoms with Crippen molar-refractivity contribution in [3.8, 4) is 0 Å². The number of rotatable bonds is 7. The highest BCUT2D eigenvalue weighted by Gasteiger charge is 2.26. The van der Waals surface area contributed by atoms with Gasteiger partial charge in [0.15, 0.2) is 0 Å². The molecule has 0 spiro atoms. The molecule has 3 aromatic rings. The molecule has 7 nitrogen and oxygen atoms in total. The van der Waals surface area contributed by atoms with Crippen molar-refractivity contribution in [3.63, 3.8) is 0 Å². The number of aryl methyl sites for hydroxylation is 2. The van der Waals surface area contributed by atoms with Gasteiger partial charge < -0.3 is 14.8 Å². The van der Waals surface area contributed by atoms with Gasteiger partial charge in [-0.15, -0.1) is 0 Å². The van der Waals surface area contributed by atoms with E-state index in [1.807, 2.05) is 38.1 Å². The Bertz CT molecular complexity index is 1140. The predicted molar refractivity (Wildman–Crippen MR) is 126 cm³/mol. The monoisotopic (exact) mass is 446 g/mol. The van der Waals surface area contributed by atoms with Gasteiger partial charge >= 0.3 is 12.1 Å². The van der Waals surface area contributed by atoms with Gasteiger partial charge in [-0.25, -0.2) is 9.59 Å². The smallest absolute Gasteiger partial charge is 0.411 e. The molecule has 33 heavy (non-hydrogen) atoms. The van der Waals surface area contributed by atoms with Crippen LogP contribution in [-0.4, -0.2) is 24.6 Å². The van der Waals surface area contributed by atoms with Gasteiger partial charge in [0.25, 0.3) is 5.91 Å². The maximum atomic E-state index is 13.2. The van der Waals surface area contributed by atoms with Crippen LogP contribution < -0.4 is 10.6 Å². The van der Waals surface area contributed by atoms with Crippen molar-refractivity contribution in [2.45, 2.75) is 26.9 Å². The van der Waals surface area contributed by atoms with Gasteiger partial charge in [-0.2, -0.15) is 0 Å². The molecule has 2 N–H and O–H groups in total. The number of amides is 2. The normalized spacial score (nSPS) is 11.2. The lowest BCUT2D eigenvalue weighted by Gasteiger charge is -2.19. The topological polar surface area (TPSA) is 93.7 Å². The molecule has 0 heterocycles. The average molecular weight is 447 g/mol. The Morgan fingerprint density at radius 2 is 1.64 bits per heavy atom. The fraction of sp³-hybridized carbons (Fsp3) is 0.192. The zero-order valence-corrected chi connectivity index (χ0v) is 18.8. The summed E-state index contributed by atoms with van der Waals surface area (Å²) in [7, 11) is 0. The number of carbonyl (C=O) groups is 3. The van der Waals surface area contributed by atoms with Crippen LogP contribution >= 0.6 is 0 Å². The van der Waals surface area contributed by atoms with Crippen molar-refractivity contribution in [1.82, 2.24) is 0 Å². The minimum Gasteiger partial charge on any atom is -0.450 e. The van der Waals surface area contributed by atoms with Gasteiger partial charge in [-0.1, -0.05) is 48.5 Å². The summed E-state index contributed by atoms with van der Waals surface area (Å²) in [5, 5.41) is 5.41. The molecule has 0 aliphatic heterocycles. The summed E-state index contributed by atoms with van der Waals surface area (Å²) in [6.07, 6.45) is -1.79. The Morgan fingerprint density at radius 1 is 0.879 bits per heavy atom. The van der Waals surface area contributed by atoms with Crippen LogP contribution in [0, 0.1) is 13.8 Å². The van der Waals surface area contributed by atoms with E-state index in [0.29, 0.717) is 16.9 Å². The van der Waals surface area contributed by atoms with Gasteiger partial charge in [-0.05, 0) is 56.2 Å². The fourth-order valence-corrected chi connectivity index (χ4v) is 3.15. The van der Waals surface area contributed by atoms with Crippen LogP contribution in [0.3, 0.4) is 0 Å². The number of benzene rings is 3. The van der Waals surface area contributed by atoms with E-state index in [-0.39, 0.29) is 12.2 Å². The lowest BCUT2D eigenvalue weighted by molar-refractivity contribution is -0.125. The standard InChI is InChI=1S/C26H26N2O5/c1-4-32-26(31)27-21-12-8-11-20(16-21)25(30)33-23(19-9-6-5-7-10-19)24(29)28-22-15-17(2)13-14-18(22)3/h5-16,23H,4H2,1-3H3,(H,27,31)(H,28,29). The van der Waals surface area contributed by atoms with E-state index in [4.69, 9.17) is 9.47 Å². The lowest BCUT2D eigenvalue weighted by Crippen LogP contribution is -2.26. The second-order valence-corrected chi connectivity index (χ2v) is 7.43. The number of ether oxygens (including phenoxy) is 2. The number of esters is 1.